The molecule has 0 aliphatic rings. The number of amides is 1. The molecule has 0 radical (unpaired) electrons. The van der Waals surface area contributed by atoms with Gasteiger partial charge < -0.3 is 10.4 Å². The average Bonchev–Trinajstić information content (AvgIpc) is 2.27. The first-order chi connectivity index (χ1) is 8.32. The zero-order valence-corrected chi connectivity index (χ0v) is 11.0. The third kappa shape index (κ3) is 3.29. The Hall–Kier alpha value is -1.91. The van der Waals surface area contributed by atoms with Gasteiger partial charge in [0.25, 0.3) is 5.91 Å². The number of carboxylic acid groups (broad SMARTS) is 1. The van der Waals surface area contributed by atoms with E-state index >= 15 is 0 Å². The van der Waals surface area contributed by atoms with E-state index < -0.39 is 5.97 Å². The summed E-state index contributed by atoms with van der Waals surface area (Å²) in [4.78, 5) is 26.7. The van der Waals surface area contributed by atoms with Crippen molar-refractivity contribution in [2.75, 3.05) is 0 Å². The molecule has 18 heavy (non-hydrogen) atoms. The Morgan fingerprint density at radius 3 is 2.33 bits per heavy atom. The molecule has 0 aliphatic heterocycles. The molecule has 0 aliphatic carbocycles. The van der Waals surface area contributed by atoms with Gasteiger partial charge in [-0.1, -0.05) is 13.8 Å². The number of nitrogens with one attached hydrogen (secondary N) is 1. The molecule has 1 aromatic heterocycles. The summed E-state index contributed by atoms with van der Waals surface area (Å²) >= 11 is 0. The first kappa shape index (κ1) is 14.2. The van der Waals surface area contributed by atoms with Crippen LogP contribution in [0.2, 0.25) is 0 Å². The van der Waals surface area contributed by atoms with Gasteiger partial charge in [-0.25, -0.2) is 9.78 Å². The third-order valence-electron chi connectivity index (χ3n) is 2.91. The Kier molecular flexibility index (Phi) is 4.42. The summed E-state index contributed by atoms with van der Waals surface area (Å²) in [7, 11) is 0. The predicted octanol–water partition coefficient (Wildman–Crippen LogP) is 1.86. The minimum atomic E-state index is -1.04. The van der Waals surface area contributed by atoms with E-state index in [9.17, 15) is 9.59 Å². The fourth-order valence-electron chi connectivity index (χ4n) is 1.36. The number of nitrogens with zero attached hydrogens (tertiary/aromatic N) is 1. The lowest BCUT2D eigenvalue weighted by Crippen LogP contribution is -2.36. The van der Waals surface area contributed by atoms with Crippen LogP contribution >= 0.6 is 0 Å². The lowest BCUT2D eigenvalue weighted by Gasteiger charge is -2.17. The summed E-state index contributed by atoms with van der Waals surface area (Å²) in [6, 6.07) is 2.87. The Balaban J connectivity index is 2.88. The fourth-order valence-corrected chi connectivity index (χ4v) is 1.36. The van der Waals surface area contributed by atoms with Crippen LogP contribution in [0.3, 0.4) is 0 Å². The summed E-state index contributed by atoms with van der Waals surface area (Å²) in [6.45, 7) is 7.52. The van der Waals surface area contributed by atoms with Gasteiger partial charge in [-0.15, -0.1) is 0 Å². The molecule has 1 heterocycles. The second kappa shape index (κ2) is 5.62. The highest BCUT2D eigenvalue weighted by molar-refractivity contribution is 5.94. The molecule has 5 heteroatoms. The molecule has 1 aromatic rings. The lowest BCUT2D eigenvalue weighted by molar-refractivity contribution is 0.0694. The first-order valence-electron chi connectivity index (χ1n) is 5.84. The minimum absolute atomic E-state index is 0.0405. The summed E-state index contributed by atoms with van der Waals surface area (Å²) < 4.78 is 0. The number of pyridine rings is 1. The zero-order chi connectivity index (χ0) is 13.9. The molecular formula is C13H18N2O3. The van der Waals surface area contributed by atoms with E-state index in [1.165, 1.54) is 12.1 Å². The smallest absolute Gasteiger partial charge is 0.337 e. The van der Waals surface area contributed by atoms with Crippen molar-refractivity contribution < 1.29 is 14.7 Å². The maximum Gasteiger partial charge on any atom is 0.337 e. The maximum atomic E-state index is 11.9. The van der Waals surface area contributed by atoms with Gasteiger partial charge in [-0.3, -0.25) is 4.79 Å². The van der Waals surface area contributed by atoms with Crippen molar-refractivity contribution in [3.63, 3.8) is 0 Å². The van der Waals surface area contributed by atoms with Crippen molar-refractivity contribution in [3.8, 4) is 0 Å². The summed E-state index contributed by atoms with van der Waals surface area (Å²) in [5.74, 6) is -0.993. The number of aromatic nitrogens is 1. The van der Waals surface area contributed by atoms with Gasteiger partial charge in [-0.05, 0) is 31.9 Å². The Bertz CT molecular complexity index is 469. The zero-order valence-electron chi connectivity index (χ0n) is 11.0. The SMILES string of the molecule is Cc1nc(C(=O)N[C@H](C)C(C)C)ccc1C(=O)O. The molecule has 0 spiro atoms. The molecule has 0 bridgehead atoms. The van der Waals surface area contributed by atoms with Crippen LogP contribution in [0.25, 0.3) is 0 Å². The molecular weight excluding hydrogens is 232 g/mol. The van der Waals surface area contributed by atoms with Crippen LogP contribution in [0.5, 0.6) is 0 Å². The Morgan fingerprint density at radius 1 is 1.28 bits per heavy atom. The monoisotopic (exact) mass is 250 g/mol. The number of carbonyl (C=O) groups is 2. The highest BCUT2D eigenvalue weighted by Crippen LogP contribution is 2.08. The average molecular weight is 250 g/mol. The maximum absolute atomic E-state index is 11.9. The highest BCUT2D eigenvalue weighted by Gasteiger charge is 2.16. The molecule has 0 aromatic carbocycles. The van der Waals surface area contributed by atoms with Crippen molar-refractivity contribution in [2.45, 2.75) is 33.7 Å². The second-order valence-corrected chi connectivity index (χ2v) is 4.64. The van der Waals surface area contributed by atoms with Gasteiger partial charge in [0.1, 0.15) is 5.69 Å². The standard InChI is InChI=1S/C13H18N2O3/c1-7(2)8(3)15-12(16)11-6-5-10(13(17)18)9(4)14-11/h5-8H,1-4H3,(H,15,16)(H,17,18)/t8-/m1/s1. The lowest BCUT2D eigenvalue weighted by atomic mass is 10.1. The Morgan fingerprint density at radius 2 is 1.89 bits per heavy atom. The van der Waals surface area contributed by atoms with Gasteiger partial charge in [0, 0.05) is 6.04 Å². The van der Waals surface area contributed by atoms with Crippen LogP contribution in [-0.4, -0.2) is 28.0 Å². The van der Waals surface area contributed by atoms with Crippen LogP contribution in [0.1, 0.15) is 47.3 Å². The number of rotatable bonds is 4. The first-order valence-corrected chi connectivity index (χ1v) is 5.84. The van der Waals surface area contributed by atoms with Crippen LogP contribution in [0.4, 0.5) is 0 Å². The molecule has 2 N–H and O–H groups in total. The van der Waals surface area contributed by atoms with E-state index in [4.69, 9.17) is 5.11 Å². The Labute approximate surface area is 106 Å². The van der Waals surface area contributed by atoms with Gasteiger partial charge in [-0.2, -0.15) is 0 Å². The van der Waals surface area contributed by atoms with Gasteiger partial charge in [0.05, 0.1) is 11.3 Å². The van der Waals surface area contributed by atoms with E-state index in [0.29, 0.717) is 11.6 Å². The van der Waals surface area contributed by atoms with Gasteiger partial charge in [0.15, 0.2) is 0 Å². The van der Waals surface area contributed by atoms with Crippen molar-refractivity contribution >= 4 is 11.9 Å². The van der Waals surface area contributed by atoms with Crippen LogP contribution in [0, 0.1) is 12.8 Å². The van der Waals surface area contributed by atoms with Crippen LogP contribution in [-0.2, 0) is 0 Å². The highest BCUT2D eigenvalue weighted by atomic mass is 16.4. The summed E-state index contributed by atoms with van der Waals surface area (Å²) in [6.07, 6.45) is 0. The molecule has 1 atom stereocenters. The number of carbonyl (C=O) groups excluding carboxylic acids is 1. The molecule has 1 amide bonds. The van der Waals surface area contributed by atoms with Gasteiger partial charge >= 0.3 is 5.97 Å². The number of aryl methyl sites for hydroxylation is 1. The molecule has 0 fully saturated rings. The van der Waals surface area contributed by atoms with E-state index in [2.05, 4.69) is 10.3 Å². The quantitative estimate of drug-likeness (QED) is 0.854. The van der Waals surface area contributed by atoms with Crippen molar-refractivity contribution in [1.82, 2.24) is 10.3 Å². The van der Waals surface area contributed by atoms with Crippen LogP contribution < -0.4 is 5.32 Å². The number of hydrogen-bond donors (Lipinski definition) is 2. The van der Waals surface area contributed by atoms with Gasteiger partial charge in [0.2, 0.25) is 0 Å². The van der Waals surface area contributed by atoms with Crippen molar-refractivity contribution in [3.05, 3.63) is 29.1 Å². The van der Waals surface area contributed by atoms with Crippen molar-refractivity contribution in [2.24, 2.45) is 5.92 Å². The number of carboxylic acids is 1. The third-order valence-corrected chi connectivity index (χ3v) is 2.91. The predicted molar refractivity (Wildman–Crippen MR) is 67.7 cm³/mol. The van der Waals surface area contributed by atoms with E-state index in [-0.39, 0.29) is 23.2 Å². The largest absolute Gasteiger partial charge is 0.478 e. The molecule has 98 valence electrons. The number of hydrogen-bond acceptors (Lipinski definition) is 3. The molecule has 1 rings (SSSR count). The van der Waals surface area contributed by atoms with E-state index in [1.807, 2.05) is 20.8 Å². The minimum Gasteiger partial charge on any atom is -0.478 e. The summed E-state index contributed by atoms with van der Waals surface area (Å²) in [5, 5.41) is 11.7. The van der Waals surface area contributed by atoms with Crippen LogP contribution in [0.15, 0.2) is 12.1 Å². The fraction of sp³-hybridized carbons (Fsp3) is 0.462. The summed E-state index contributed by atoms with van der Waals surface area (Å²) in [5.41, 5.74) is 0.695. The molecule has 0 saturated carbocycles. The molecule has 0 unspecified atom stereocenters. The van der Waals surface area contributed by atoms with Crippen molar-refractivity contribution in [1.29, 1.82) is 0 Å². The normalized spacial score (nSPS) is 12.3. The topological polar surface area (TPSA) is 79.3 Å². The molecule has 5 nitrogen and oxygen atoms in total. The number of aromatic carboxylic acids is 1. The second-order valence-electron chi connectivity index (χ2n) is 4.64. The molecule has 0 saturated heterocycles. The van der Waals surface area contributed by atoms with E-state index in [1.54, 1.807) is 6.92 Å². The van der Waals surface area contributed by atoms with E-state index in [0.717, 1.165) is 0 Å².